The van der Waals surface area contributed by atoms with E-state index in [-0.39, 0.29) is 0 Å². The van der Waals surface area contributed by atoms with Crippen molar-refractivity contribution in [1.29, 1.82) is 0 Å². The molecule has 0 saturated heterocycles. The maximum Gasteiger partial charge on any atom is 0.275 e. The van der Waals surface area contributed by atoms with Gasteiger partial charge in [-0.3, -0.25) is 0 Å². The number of halogens is 3. The first-order valence-corrected chi connectivity index (χ1v) is 5.04. The van der Waals surface area contributed by atoms with Gasteiger partial charge >= 0.3 is 0 Å². The Kier molecular flexibility index (Phi) is 4.07. The summed E-state index contributed by atoms with van der Waals surface area (Å²) >= 11 is 10.1. The molecule has 0 N–H and O–H groups in total. The Labute approximate surface area is 76.9 Å². The second kappa shape index (κ2) is 4.09. The van der Waals surface area contributed by atoms with Gasteiger partial charge < -0.3 is 0 Å². The molecule has 62 valence electrons. The molecule has 0 aromatic rings. The molecule has 0 rings (SSSR count). The molecule has 0 spiro atoms. The van der Waals surface area contributed by atoms with Crippen LogP contribution in [0.15, 0.2) is 14.5 Å². The molecule has 0 amide bonds. The highest BCUT2D eigenvalue weighted by molar-refractivity contribution is 8.18. The Morgan fingerprint density at radius 3 is 2.09 bits per heavy atom. The number of rotatable bonds is 2. The van der Waals surface area contributed by atoms with Gasteiger partial charge in [0.15, 0.2) is 9.52 Å². The van der Waals surface area contributed by atoms with Crippen LogP contribution in [0.4, 0.5) is 0 Å². The number of nitrogens with zero attached hydrogens (tertiary/aromatic N) is 1. The van der Waals surface area contributed by atoms with Gasteiger partial charge in [-0.2, -0.15) is 4.99 Å². The zero-order valence-electron chi connectivity index (χ0n) is 4.71. The normalized spacial score (nSPS) is 13.4. The third-order valence-corrected chi connectivity index (χ3v) is 3.11. The molecule has 0 aliphatic carbocycles. The Morgan fingerprint density at radius 2 is 1.82 bits per heavy atom. The lowest BCUT2D eigenvalue weighted by Crippen LogP contribution is -1.88. The minimum absolute atomic E-state index is 0.711. The molecule has 0 fully saturated rings. The maximum absolute atomic E-state index is 10.3. The Bertz CT molecular complexity index is 326. The highest BCUT2D eigenvalue weighted by Crippen LogP contribution is 2.23. The molecule has 0 bridgehead atoms. The van der Waals surface area contributed by atoms with Crippen LogP contribution >= 0.6 is 33.9 Å². The van der Waals surface area contributed by atoms with Gasteiger partial charge in [0.25, 0.3) is 9.05 Å². The molecule has 0 heterocycles. The fourth-order valence-corrected chi connectivity index (χ4v) is 1.15. The minimum atomic E-state index is -4.11. The molecular formula is C3Cl3NO3S. The molecule has 0 aliphatic heterocycles. The van der Waals surface area contributed by atoms with Gasteiger partial charge in [-0.1, -0.05) is 23.2 Å². The lowest BCUT2D eigenvalue weighted by atomic mass is 11.0. The van der Waals surface area contributed by atoms with E-state index >= 15 is 0 Å². The lowest BCUT2D eigenvalue weighted by Gasteiger charge is -1.89. The average molecular weight is 236 g/mol. The molecule has 0 aromatic heterocycles. The summed E-state index contributed by atoms with van der Waals surface area (Å²) in [6, 6.07) is 0. The number of hydrogen-bond acceptors (Lipinski definition) is 4. The smallest absolute Gasteiger partial charge is 0.211 e. The van der Waals surface area contributed by atoms with E-state index in [1.165, 1.54) is 0 Å². The molecule has 0 aromatic carbocycles. The first-order valence-electron chi connectivity index (χ1n) is 1.97. The Balaban J connectivity index is 5.15. The molecule has 11 heavy (non-hydrogen) atoms. The summed E-state index contributed by atoms with van der Waals surface area (Å²) in [6.07, 6.45) is 0.998. The van der Waals surface area contributed by atoms with Gasteiger partial charge in [0.1, 0.15) is 0 Å². The first-order chi connectivity index (χ1) is 4.89. The summed E-state index contributed by atoms with van der Waals surface area (Å²) in [7, 11) is 0.611. The van der Waals surface area contributed by atoms with Crippen LogP contribution in [-0.2, 0) is 13.8 Å². The lowest BCUT2D eigenvalue weighted by molar-refractivity contribution is 0.565. The summed E-state index contributed by atoms with van der Waals surface area (Å²) in [6.45, 7) is 0. The quantitative estimate of drug-likeness (QED) is 0.316. The van der Waals surface area contributed by atoms with Crippen LogP contribution in [0.5, 0.6) is 0 Å². The average Bonchev–Trinajstić information content (AvgIpc) is 1.85. The zero-order chi connectivity index (χ0) is 9.07. The van der Waals surface area contributed by atoms with E-state index in [2.05, 4.69) is 4.99 Å². The van der Waals surface area contributed by atoms with Crippen LogP contribution in [0.1, 0.15) is 0 Å². The van der Waals surface area contributed by atoms with Gasteiger partial charge in [0, 0.05) is 10.7 Å². The van der Waals surface area contributed by atoms with E-state index < -0.39 is 18.6 Å². The molecule has 0 aliphatic rings. The summed E-state index contributed by atoms with van der Waals surface area (Å²) in [4.78, 5) is 12.3. The van der Waals surface area contributed by atoms with E-state index in [4.69, 9.17) is 33.9 Å². The molecular weight excluding hydrogens is 236 g/mol. The van der Waals surface area contributed by atoms with Crippen LogP contribution in [-0.4, -0.2) is 14.5 Å². The van der Waals surface area contributed by atoms with Crippen molar-refractivity contribution in [3.05, 3.63) is 9.52 Å². The summed E-state index contributed by atoms with van der Waals surface area (Å²) < 4.78 is 19.8. The predicted octanol–water partition coefficient (Wildman–Crippen LogP) is 1.50. The molecule has 4 nitrogen and oxygen atoms in total. The second-order valence-electron chi connectivity index (χ2n) is 1.21. The van der Waals surface area contributed by atoms with Crippen molar-refractivity contribution >= 4 is 49.0 Å². The number of isocyanates is 1. The van der Waals surface area contributed by atoms with Crippen molar-refractivity contribution < 1.29 is 13.2 Å². The van der Waals surface area contributed by atoms with Crippen LogP contribution in [0.3, 0.4) is 0 Å². The largest absolute Gasteiger partial charge is 0.275 e. The van der Waals surface area contributed by atoms with Gasteiger partial charge in [-0.25, -0.2) is 13.2 Å². The van der Waals surface area contributed by atoms with E-state index in [0.29, 0.717) is 0 Å². The molecule has 8 heteroatoms. The SMILES string of the molecule is O=C=NC(Cl)=C(Cl)S(=O)(=O)Cl. The summed E-state index contributed by atoms with van der Waals surface area (Å²) in [5.41, 5.74) is 0. The highest BCUT2D eigenvalue weighted by atomic mass is 35.7. The molecule has 0 atom stereocenters. The number of hydrogen-bond donors (Lipinski definition) is 0. The van der Waals surface area contributed by atoms with Gasteiger partial charge in [0.2, 0.25) is 6.08 Å². The first kappa shape index (κ1) is 10.9. The summed E-state index contributed by atoms with van der Waals surface area (Å²) in [5.74, 6) is 0. The third-order valence-electron chi connectivity index (χ3n) is 0.520. The summed E-state index contributed by atoms with van der Waals surface area (Å²) in [5, 5.41) is -0.711. The van der Waals surface area contributed by atoms with E-state index in [1.807, 2.05) is 0 Å². The van der Waals surface area contributed by atoms with Crippen LogP contribution < -0.4 is 0 Å². The van der Waals surface area contributed by atoms with Gasteiger partial charge in [-0.15, -0.1) is 0 Å². The van der Waals surface area contributed by atoms with Crippen molar-refractivity contribution in [1.82, 2.24) is 0 Å². The van der Waals surface area contributed by atoms with Gasteiger partial charge in [0.05, 0.1) is 0 Å². The topological polar surface area (TPSA) is 63.6 Å². The highest BCUT2D eigenvalue weighted by Gasteiger charge is 2.15. The fraction of sp³-hybridized carbons (Fsp3) is 0. The Morgan fingerprint density at radius 1 is 1.36 bits per heavy atom. The van der Waals surface area contributed by atoms with Gasteiger partial charge in [-0.05, 0) is 0 Å². The van der Waals surface area contributed by atoms with Crippen LogP contribution in [0.2, 0.25) is 0 Å². The third kappa shape index (κ3) is 3.74. The van der Waals surface area contributed by atoms with Crippen molar-refractivity contribution in [3.63, 3.8) is 0 Å². The standard InChI is InChI=1S/C3Cl3NO3S/c4-2(7-1-8)3(5)11(6,9)10. The fourth-order valence-electron chi connectivity index (χ4n) is 0.185. The minimum Gasteiger partial charge on any atom is -0.211 e. The van der Waals surface area contributed by atoms with Crippen LogP contribution in [0.25, 0.3) is 0 Å². The van der Waals surface area contributed by atoms with Crippen molar-refractivity contribution in [2.45, 2.75) is 0 Å². The number of carbonyl (C=O) groups excluding carboxylic acids is 1. The Hall–Kier alpha value is -0.0600. The van der Waals surface area contributed by atoms with Crippen molar-refractivity contribution in [3.8, 4) is 0 Å². The van der Waals surface area contributed by atoms with E-state index in [1.54, 1.807) is 0 Å². The van der Waals surface area contributed by atoms with Crippen molar-refractivity contribution in [2.75, 3.05) is 0 Å². The van der Waals surface area contributed by atoms with Crippen molar-refractivity contribution in [2.24, 2.45) is 4.99 Å². The van der Waals surface area contributed by atoms with Crippen LogP contribution in [0, 0.1) is 0 Å². The zero-order valence-corrected chi connectivity index (χ0v) is 7.80. The molecule has 0 saturated carbocycles. The molecule has 0 radical (unpaired) electrons. The van der Waals surface area contributed by atoms with E-state index in [0.717, 1.165) is 6.08 Å². The monoisotopic (exact) mass is 235 g/mol. The second-order valence-corrected chi connectivity index (χ2v) is 4.67. The van der Waals surface area contributed by atoms with E-state index in [9.17, 15) is 13.2 Å². The predicted molar refractivity (Wildman–Crippen MR) is 41.6 cm³/mol. The molecule has 0 unspecified atom stereocenters. The maximum atomic E-state index is 10.3. The number of aliphatic imine (C=N–C) groups is 1.